The Morgan fingerprint density at radius 3 is 2.69 bits per heavy atom. The van der Waals surface area contributed by atoms with E-state index in [9.17, 15) is 4.79 Å². The molecular formula is C13H25NO2. The van der Waals surface area contributed by atoms with Gasteiger partial charge in [0.05, 0.1) is 13.0 Å². The predicted molar refractivity (Wildman–Crippen MR) is 65.2 cm³/mol. The molecule has 0 amide bonds. The van der Waals surface area contributed by atoms with Crippen LogP contribution in [0.25, 0.3) is 0 Å². The third-order valence-electron chi connectivity index (χ3n) is 3.62. The second-order valence-corrected chi connectivity index (χ2v) is 5.38. The van der Waals surface area contributed by atoms with Gasteiger partial charge in [-0.3, -0.25) is 4.79 Å². The summed E-state index contributed by atoms with van der Waals surface area (Å²) in [6.07, 6.45) is 3.49. The summed E-state index contributed by atoms with van der Waals surface area (Å²) >= 11 is 0. The number of carbonyl (C=O) groups excluding carboxylic acids is 1. The number of piperidine rings is 1. The zero-order chi connectivity index (χ0) is 12.1. The summed E-state index contributed by atoms with van der Waals surface area (Å²) in [4.78, 5) is 14.0. The topological polar surface area (TPSA) is 29.5 Å². The van der Waals surface area contributed by atoms with Gasteiger partial charge in [0.15, 0.2) is 0 Å². The summed E-state index contributed by atoms with van der Waals surface area (Å²) < 4.78 is 4.89. The quantitative estimate of drug-likeness (QED) is 0.689. The van der Waals surface area contributed by atoms with Crippen LogP contribution in [0.4, 0.5) is 0 Å². The molecule has 2 atom stereocenters. The highest BCUT2D eigenvalue weighted by molar-refractivity contribution is 5.72. The van der Waals surface area contributed by atoms with E-state index >= 15 is 0 Å². The van der Waals surface area contributed by atoms with Crippen LogP contribution in [-0.2, 0) is 9.53 Å². The van der Waals surface area contributed by atoms with Crippen LogP contribution in [0.1, 0.15) is 33.1 Å². The zero-order valence-corrected chi connectivity index (χ0v) is 11.0. The minimum Gasteiger partial charge on any atom is -0.469 e. The molecule has 0 N–H and O–H groups in total. The second kappa shape index (κ2) is 6.24. The van der Waals surface area contributed by atoms with Crippen LogP contribution >= 0.6 is 0 Å². The molecule has 0 aromatic carbocycles. The van der Waals surface area contributed by atoms with E-state index in [1.807, 2.05) is 0 Å². The molecule has 1 aliphatic rings. The van der Waals surface area contributed by atoms with Crippen LogP contribution in [0.5, 0.6) is 0 Å². The van der Waals surface area contributed by atoms with Crippen LogP contribution in [0, 0.1) is 17.8 Å². The van der Waals surface area contributed by atoms with Crippen molar-refractivity contribution in [1.29, 1.82) is 0 Å². The molecule has 94 valence electrons. The summed E-state index contributed by atoms with van der Waals surface area (Å²) in [7, 11) is 3.65. The average Bonchev–Trinajstić information content (AvgIpc) is 2.24. The summed E-state index contributed by atoms with van der Waals surface area (Å²) in [6, 6.07) is 0. The Morgan fingerprint density at radius 2 is 2.19 bits per heavy atom. The summed E-state index contributed by atoms with van der Waals surface area (Å²) in [5.74, 6) is 1.06. The normalized spacial score (nSPS) is 24.4. The molecular weight excluding hydrogens is 202 g/mol. The van der Waals surface area contributed by atoms with Gasteiger partial charge in [-0.1, -0.05) is 13.8 Å². The number of ether oxygens (including phenoxy) is 1. The van der Waals surface area contributed by atoms with Gasteiger partial charge in [-0.05, 0) is 44.7 Å². The van der Waals surface area contributed by atoms with Gasteiger partial charge in [0.1, 0.15) is 0 Å². The van der Waals surface area contributed by atoms with Crippen LogP contribution < -0.4 is 0 Å². The Bertz CT molecular complexity index is 228. The Balaban J connectivity index is 2.50. The third kappa shape index (κ3) is 3.78. The van der Waals surface area contributed by atoms with E-state index < -0.39 is 0 Å². The van der Waals surface area contributed by atoms with Gasteiger partial charge >= 0.3 is 5.97 Å². The maximum absolute atomic E-state index is 11.7. The van der Waals surface area contributed by atoms with Crippen molar-refractivity contribution in [2.75, 3.05) is 27.2 Å². The maximum atomic E-state index is 11.7. The van der Waals surface area contributed by atoms with Crippen molar-refractivity contribution in [2.24, 2.45) is 17.8 Å². The first-order valence-electron chi connectivity index (χ1n) is 6.31. The maximum Gasteiger partial charge on any atom is 0.308 e. The highest BCUT2D eigenvalue weighted by Crippen LogP contribution is 2.27. The van der Waals surface area contributed by atoms with Crippen LogP contribution in [0.15, 0.2) is 0 Å². The highest BCUT2D eigenvalue weighted by atomic mass is 16.5. The summed E-state index contributed by atoms with van der Waals surface area (Å²) in [5.41, 5.74) is 0. The van der Waals surface area contributed by atoms with Crippen molar-refractivity contribution in [3.63, 3.8) is 0 Å². The van der Waals surface area contributed by atoms with E-state index in [0.29, 0.717) is 11.8 Å². The first-order chi connectivity index (χ1) is 7.54. The molecule has 1 fully saturated rings. The zero-order valence-electron chi connectivity index (χ0n) is 11.0. The standard InChI is InChI=1S/C13H25NO2/c1-10(2)12(13(15)16-4)8-11-6-5-7-14(3)9-11/h10-12H,5-9H2,1-4H3. The molecule has 1 rings (SSSR count). The van der Waals surface area contributed by atoms with Crippen molar-refractivity contribution < 1.29 is 9.53 Å². The van der Waals surface area contributed by atoms with E-state index in [-0.39, 0.29) is 11.9 Å². The summed E-state index contributed by atoms with van der Waals surface area (Å²) in [5, 5.41) is 0. The first-order valence-corrected chi connectivity index (χ1v) is 6.31. The molecule has 3 heteroatoms. The van der Waals surface area contributed by atoms with Gasteiger partial charge in [0, 0.05) is 6.54 Å². The Labute approximate surface area is 99.1 Å². The molecule has 0 aromatic rings. The number of rotatable bonds is 4. The lowest BCUT2D eigenvalue weighted by atomic mass is 9.83. The molecule has 16 heavy (non-hydrogen) atoms. The fourth-order valence-corrected chi connectivity index (χ4v) is 2.62. The Hall–Kier alpha value is -0.570. The van der Waals surface area contributed by atoms with E-state index in [4.69, 9.17) is 4.74 Å². The minimum absolute atomic E-state index is 0.0387. The minimum atomic E-state index is -0.0387. The van der Waals surface area contributed by atoms with Gasteiger partial charge < -0.3 is 9.64 Å². The Kier molecular flexibility index (Phi) is 5.26. The molecule has 1 heterocycles. The van der Waals surface area contributed by atoms with Gasteiger partial charge in [-0.2, -0.15) is 0 Å². The molecule has 0 bridgehead atoms. The highest BCUT2D eigenvalue weighted by Gasteiger charge is 2.28. The van der Waals surface area contributed by atoms with Crippen molar-refractivity contribution >= 4 is 5.97 Å². The van der Waals surface area contributed by atoms with E-state index in [1.165, 1.54) is 26.5 Å². The smallest absolute Gasteiger partial charge is 0.308 e. The van der Waals surface area contributed by atoms with E-state index in [1.54, 1.807) is 0 Å². The Morgan fingerprint density at radius 1 is 1.50 bits per heavy atom. The van der Waals surface area contributed by atoms with Gasteiger partial charge in [-0.25, -0.2) is 0 Å². The van der Waals surface area contributed by atoms with Crippen LogP contribution in [0.3, 0.4) is 0 Å². The fraction of sp³-hybridized carbons (Fsp3) is 0.923. The predicted octanol–water partition coefficient (Wildman–Crippen LogP) is 2.16. The number of likely N-dealkylation sites (tertiary alicyclic amines) is 1. The third-order valence-corrected chi connectivity index (χ3v) is 3.62. The second-order valence-electron chi connectivity index (χ2n) is 5.38. The number of hydrogen-bond donors (Lipinski definition) is 0. The molecule has 0 aromatic heterocycles. The number of carbonyl (C=O) groups is 1. The lowest BCUT2D eigenvalue weighted by molar-refractivity contribution is -0.147. The van der Waals surface area contributed by atoms with Gasteiger partial charge in [-0.15, -0.1) is 0 Å². The lowest BCUT2D eigenvalue weighted by Crippen LogP contribution is -2.35. The van der Waals surface area contributed by atoms with Gasteiger partial charge in [0.25, 0.3) is 0 Å². The molecule has 3 nitrogen and oxygen atoms in total. The number of hydrogen-bond acceptors (Lipinski definition) is 3. The molecule has 0 aliphatic carbocycles. The molecule has 1 saturated heterocycles. The van der Waals surface area contributed by atoms with Crippen LogP contribution in [-0.4, -0.2) is 38.1 Å². The van der Waals surface area contributed by atoms with Crippen molar-refractivity contribution in [2.45, 2.75) is 33.1 Å². The van der Waals surface area contributed by atoms with Crippen molar-refractivity contribution in [1.82, 2.24) is 4.90 Å². The number of methoxy groups -OCH3 is 1. The van der Waals surface area contributed by atoms with Crippen molar-refractivity contribution in [3.05, 3.63) is 0 Å². The van der Waals surface area contributed by atoms with E-state index in [0.717, 1.165) is 13.0 Å². The van der Waals surface area contributed by atoms with Gasteiger partial charge in [0.2, 0.25) is 0 Å². The lowest BCUT2D eigenvalue weighted by Gasteiger charge is -2.32. The SMILES string of the molecule is COC(=O)C(CC1CCCN(C)C1)C(C)C. The number of nitrogens with zero attached hydrogens (tertiary/aromatic N) is 1. The molecule has 1 aliphatic heterocycles. The average molecular weight is 227 g/mol. The van der Waals surface area contributed by atoms with Crippen LogP contribution in [0.2, 0.25) is 0 Å². The molecule has 2 unspecified atom stereocenters. The number of esters is 1. The largest absolute Gasteiger partial charge is 0.469 e. The first kappa shape index (κ1) is 13.5. The van der Waals surface area contributed by atoms with E-state index in [2.05, 4.69) is 25.8 Å². The molecule has 0 spiro atoms. The van der Waals surface area contributed by atoms with Crippen molar-refractivity contribution in [3.8, 4) is 0 Å². The summed E-state index contributed by atoms with van der Waals surface area (Å²) in [6.45, 7) is 6.53. The monoisotopic (exact) mass is 227 g/mol. The fourth-order valence-electron chi connectivity index (χ4n) is 2.62. The molecule has 0 radical (unpaired) electrons. The molecule has 0 saturated carbocycles.